The van der Waals surface area contributed by atoms with E-state index in [-0.39, 0.29) is 6.09 Å². The zero-order valence-corrected chi connectivity index (χ0v) is 9.84. The summed E-state index contributed by atoms with van der Waals surface area (Å²) in [6, 6.07) is 7.56. The minimum absolute atomic E-state index is 0.302. The molecule has 1 aliphatic rings. The number of amides is 1. The van der Waals surface area contributed by atoms with Crippen LogP contribution >= 0.6 is 0 Å². The smallest absolute Gasteiger partial charge is 0.414 e. The highest BCUT2D eigenvalue weighted by atomic mass is 16.6. The first kappa shape index (κ1) is 11.4. The standard InChI is InChI=1S/C12H14N2O3/c1-9(13-16-2)10-4-3-5-11(8-10)14-6-7-17-12(14)15/h3-5,8H,6-7H2,1-2H3/b13-9+. The Morgan fingerprint density at radius 1 is 1.53 bits per heavy atom. The highest BCUT2D eigenvalue weighted by Gasteiger charge is 2.23. The number of ether oxygens (including phenoxy) is 1. The first-order valence-electron chi connectivity index (χ1n) is 5.35. The topological polar surface area (TPSA) is 51.1 Å². The van der Waals surface area contributed by atoms with Gasteiger partial charge in [0.05, 0.1) is 12.3 Å². The molecule has 90 valence electrons. The molecule has 0 spiro atoms. The largest absolute Gasteiger partial charge is 0.447 e. The van der Waals surface area contributed by atoms with Gasteiger partial charge in [-0.15, -0.1) is 0 Å². The van der Waals surface area contributed by atoms with Crippen LogP contribution in [-0.4, -0.2) is 32.1 Å². The second-order valence-electron chi connectivity index (χ2n) is 3.68. The van der Waals surface area contributed by atoms with Crippen molar-refractivity contribution in [3.8, 4) is 0 Å². The molecule has 1 amide bonds. The number of anilines is 1. The summed E-state index contributed by atoms with van der Waals surface area (Å²) in [6.45, 7) is 2.88. The zero-order valence-electron chi connectivity index (χ0n) is 9.84. The van der Waals surface area contributed by atoms with Crippen LogP contribution in [0, 0.1) is 0 Å². The Labute approximate surface area is 99.6 Å². The van der Waals surface area contributed by atoms with Crippen LogP contribution in [0.25, 0.3) is 0 Å². The molecule has 5 heteroatoms. The van der Waals surface area contributed by atoms with E-state index in [1.165, 1.54) is 7.11 Å². The van der Waals surface area contributed by atoms with Crippen molar-refractivity contribution in [1.82, 2.24) is 0 Å². The van der Waals surface area contributed by atoms with Gasteiger partial charge in [0, 0.05) is 11.3 Å². The van der Waals surface area contributed by atoms with Gasteiger partial charge in [-0.2, -0.15) is 0 Å². The fourth-order valence-electron chi connectivity index (χ4n) is 1.72. The minimum atomic E-state index is -0.302. The molecule has 0 atom stereocenters. The van der Waals surface area contributed by atoms with Gasteiger partial charge in [0.2, 0.25) is 0 Å². The summed E-state index contributed by atoms with van der Waals surface area (Å²) in [5.41, 5.74) is 2.50. The molecule has 0 saturated carbocycles. The zero-order chi connectivity index (χ0) is 12.3. The van der Waals surface area contributed by atoms with Crippen LogP contribution in [0.1, 0.15) is 12.5 Å². The predicted octanol–water partition coefficient (Wildman–Crippen LogP) is 2.01. The Hall–Kier alpha value is -2.04. The van der Waals surface area contributed by atoms with E-state index in [2.05, 4.69) is 5.16 Å². The first-order valence-corrected chi connectivity index (χ1v) is 5.35. The molecule has 0 radical (unpaired) electrons. The van der Waals surface area contributed by atoms with E-state index in [0.29, 0.717) is 13.2 Å². The van der Waals surface area contributed by atoms with E-state index in [1.807, 2.05) is 31.2 Å². The Morgan fingerprint density at radius 3 is 3.00 bits per heavy atom. The summed E-state index contributed by atoms with van der Waals surface area (Å²) in [5.74, 6) is 0. The molecule has 1 heterocycles. The average Bonchev–Trinajstić information content (AvgIpc) is 2.76. The summed E-state index contributed by atoms with van der Waals surface area (Å²) >= 11 is 0. The molecule has 1 aliphatic heterocycles. The van der Waals surface area contributed by atoms with Crippen molar-refractivity contribution < 1.29 is 14.4 Å². The van der Waals surface area contributed by atoms with Gasteiger partial charge in [0.1, 0.15) is 13.7 Å². The van der Waals surface area contributed by atoms with Gasteiger partial charge in [-0.05, 0) is 19.1 Å². The molecule has 0 unspecified atom stereocenters. The third kappa shape index (κ3) is 2.38. The van der Waals surface area contributed by atoms with E-state index in [1.54, 1.807) is 4.90 Å². The maximum Gasteiger partial charge on any atom is 0.414 e. The van der Waals surface area contributed by atoms with Crippen molar-refractivity contribution in [2.24, 2.45) is 5.16 Å². The van der Waals surface area contributed by atoms with E-state index in [9.17, 15) is 4.79 Å². The second-order valence-corrected chi connectivity index (χ2v) is 3.68. The van der Waals surface area contributed by atoms with E-state index >= 15 is 0 Å². The number of cyclic esters (lactones) is 1. The van der Waals surface area contributed by atoms with Gasteiger partial charge in [-0.1, -0.05) is 17.3 Å². The van der Waals surface area contributed by atoms with E-state index in [4.69, 9.17) is 9.57 Å². The first-order chi connectivity index (χ1) is 8.22. The summed E-state index contributed by atoms with van der Waals surface area (Å²) in [7, 11) is 1.51. The Morgan fingerprint density at radius 2 is 2.35 bits per heavy atom. The van der Waals surface area contributed by atoms with Gasteiger partial charge >= 0.3 is 6.09 Å². The number of oxime groups is 1. The van der Waals surface area contributed by atoms with Crippen LogP contribution < -0.4 is 4.90 Å². The Bertz CT molecular complexity index is 457. The lowest BCUT2D eigenvalue weighted by molar-refractivity contribution is 0.181. The molecule has 1 fully saturated rings. The van der Waals surface area contributed by atoms with Crippen LogP contribution in [0.2, 0.25) is 0 Å². The van der Waals surface area contributed by atoms with Crippen LogP contribution in [-0.2, 0) is 9.57 Å². The van der Waals surface area contributed by atoms with E-state index in [0.717, 1.165) is 17.0 Å². The number of nitrogens with zero attached hydrogens (tertiary/aromatic N) is 2. The van der Waals surface area contributed by atoms with Gasteiger partial charge in [0.25, 0.3) is 0 Å². The normalized spacial score (nSPS) is 16.0. The van der Waals surface area contributed by atoms with Crippen LogP contribution in [0.4, 0.5) is 10.5 Å². The Balaban J connectivity index is 2.28. The number of carbonyl (C=O) groups is 1. The van der Waals surface area contributed by atoms with Gasteiger partial charge < -0.3 is 9.57 Å². The third-order valence-electron chi connectivity index (χ3n) is 2.56. The van der Waals surface area contributed by atoms with Gasteiger partial charge in [0.15, 0.2) is 0 Å². The quantitative estimate of drug-likeness (QED) is 0.593. The lowest BCUT2D eigenvalue weighted by Gasteiger charge is -2.13. The third-order valence-corrected chi connectivity index (χ3v) is 2.56. The lowest BCUT2D eigenvalue weighted by Crippen LogP contribution is -2.23. The second kappa shape index (κ2) is 4.86. The number of hydrogen-bond acceptors (Lipinski definition) is 4. The van der Waals surface area contributed by atoms with Gasteiger partial charge in [-0.25, -0.2) is 4.79 Å². The minimum Gasteiger partial charge on any atom is -0.447 e. The molecular weight excluding hydrogens is 220 g/mol. The van der Waals surface area contributed by atoms with E-state index < -0.39 is 0 Å². The van der Waals surface area contributed by atoms with Crippen molar-refractivity contribution in [3.05, 3.63) is 29.8 Å². The van der Waals surface area contributed by atoms with Crippen molar-refractivity contribution in [2.75, 3.05) is 25.2 Å². The van der Waals surface area contributed by atoms with Crippen LogP contribution in [0.15, 0.2) is 29.4 Å². The Kier molecular flexibility index (Phi) is 3.27. The summed E-state index contributed by atoms with van der Waals surface area (Å²) < 4.78 is 4.90. The molecule has 0 N–H and O–H groups in total. The monoisotopic (exact) mass is 234 g/mol. The molecule has 17 heavy (non-hydrogen) atoms. The molecule has 0 aromatic heterocycles. The fourth-order valence-corrected chi connectivity index (χ4v) is 1.72. The summed E-state index contributed by atoms with van der Waals surface area (Å²) in [6.07, 6.45) is -0.302. The number of benzene rings is 1. The molecule has 1 saturated heterocycles. The SMILES string of the molecule is CO/N=C(\C)c1cccc(N2CCOC2=O)c1. The summed E-state index contributed by atoms with van der Waals surface area (Å²) in [5, 5.41) is 3.86. The molecular formula is C12H14N2O3. The summed E-state index contributed by atoms with van der Waals surface area (Å²) in [4.78, 5) is 17.8. The van der Waals surface area contributed by atoms with Crippen LogP contribution in [0.5, 0.6) is 0 Å². The van der Waals surface area contributed by atoms with Gasteiger partial charge in [-0.3, -0.25) is 4.90 Å². The van der Waals surface area contributed by atoms with Crippen molar-refractivity contribution >= 4 is 17.5 Å². The highest BCUT2D eigenvalue weighted by Crippen LogP contribution is 2.20. The van der Waals surface area contributed by atoms with Crippen molar-refractivity contribution in [2.45, 2.75) is 6.92 Å². The highest BCUT2D eigenvalue weighted by molar-refractivity contribution is 6.00. The molecule has 5 nitrogen and oxygen atoms in total. The molecule has 0 bridgehead atoms. The average molecular weight is 234 g/mol. The molecule has 0 aliphatic carbocycles. The number of carbonyl (C=O) groups excluding carboxylic acids is 1. The lowest BCUT2D eigenvalue weighted by atomic mass is 10.1. The van der Waals surface area contributed by atoms with Crippen LogP contribution in [0.3, 0.4) is 0 Å². The molecule has 1 aromatic rings. The predicted molar refractivity (Wildman–Crippen MR) is 64.4 cm³/mol. The fraction of sp³-hybridized carbons (Fsp3) is 0.333. The van der Waals surface area contributed by atoms with Crippen molar-refractivity contribution in [1.29, 1.82) is 0 Å². The molecule has 1 aromatic carbocycles. The maximum absolute atomic E-state index is 11.4. The maximum atomic E-state index is 11.4. The van der Waals surface area contributed by atoms with Crippen molar-refractivity contribution in [3.63, 3.8) is 0 Å². The molecule has 2 rings (SSSR count). The number of hydrogen-bond donors (Lipinski definition) is 0. The number of rotatable bonds is 3.